The highest BCUT2D eigenvalue weighted by molar-refractivity contribution is 5.95. The first-order valence-corrected chi connectivity index (χ1v) is 9.98. The fourth-order valence-electron chi connectivity index (χ4n) is 4.84. The number of rotatable bonds is 1. The van der Waals surface area contributed by atoms with Crippen LogP contribution in [-0.4, -0.2) is 39.3 Å². The zero-order valence-electron chi connectivity index (χ0n) is 16.7. The highest BCUT2D eigenvalue weighted by Gasteiger charge is 2.40. The third-order valence-corrected chi connectivity index (χ3v) is 6.27. The summed E-state index contributed by atoms with van der Waals surface area (Å²) in [6.07, 6.45) is 1.85. The monoisotopic (exact) mass is 423 g/mol. The third kappa shape index (κ3) is 2.93. The molecule has 2 heterocycles. The molecule has 2 aliphatic rings. The van der Waals surface area contributed by atoms with E-state index in [1.807, 2.05) is 6.07 Å². The summed E-state index contributed by atoms with van der Waals surface area (Å²) in [4.78, 5) is 26.1. The first-order chi connectivity index (χ1) is 14.9. The fourth-order valence-corrected chi connectivity index (χ4v) is 4.84. The topological polar surface area (TPSA) is 75.4 Å². The van der Waals surface area contributed by atoms with E-state index in [0.29, 0.717) is 18.4 Å². The first-order valence-electron chi connectivity index (χ1n) is 9.98. The Hall–Kier alpha value is -3.55. The fraction of sp³-hybridized carbons (Fsp3) is 0.261. The van der Waals surface area contributed by atoms with Crippen molar-refractivity contribution in [3.63, 3.8) is 0 Å². The van der Waals surface area contributed by atoms with Crippen LogP contribution in [0.25, 0.3) is 0 Å². The van der Waals surface area contributed by atoms with Crippen molar-refractivity contribution >= 4 is 5.91 Å². The summed E-state index contributed by atoms with van der Waals surface area (Å²) in [5.74, 6) is -2.37. The Kier molecular flexibility index (Phi) is 4.39. The Labute approximate surface area is 176 Å². The molecule has 2 atom stereocenters. The van der Waals surface area contributed by atoms with Gasteiger partial charge in [0.15, 0.2) is 11.4 Å². The Bertz CT molecular complexity index is 1290. The van der Waals surface area contributed by atoms with Crippen molar-refractivity contribution in [2.24, 2.45) is 0 Å². The maximum Gasteiger partial charge on any atom is 0.275 e. The predicted octanol–water partition coefficient (Wildman–Crippen LogP) is 2.78. The van der Waals surface area contributed by atoms with E-state index in [4.69, 9.17) is 0 Å². The molecule has 1 aliphatic heterocycles. The van der Waals surface area contributed by atoms with E-state index < -0.39 is 29.0 Å². The molecule has 0 radical (unpaired) electrons. The predicted molar refractivity (Wildman–Crippen MR) is 108 cm³/mol. The van der Waals surface area contributed by atoms with Gasteiger partial charge in [-0.2, -0.15) is 5.10 Å². The zero-order chi connectivity index (χ0) is 21.9. The minimum atomic E-state index is -0.747. The normalized spacial score (nSPS) is 20.0. The highest BCUT2D eigenvalue weighted by atomic mass is 19.1. The van der Waals surface area contributed by atoms with Crippen molar-refractivity contribution in [3.8, 4) is 5.75 Å². The zero-order valence-corrected chi connectivity index (χ0v) is 16.7. The van der Waals surface area contributed by atoms with Gasteiger partial charge in [0.2, 0.25) is 5.43 Å². The molecule has 2 aromatic carbocycles. The number of nitrogens with zero attached hydrogens (tertiary/aromatic N) is 3. The number of hydrogen-bond acceptors (Lipinski definition) is 4. The average molecular weight is 423 g/mol. The molecule has 3 aromatic rings. The first kappa shape index (κ1) is 19.4. The number of halogens is 2. The third-order valence-electron chi connectivity index (χ3n) is 6.27. The van der Waals surface area contributed by atoms with Crippen LogP contribution in [0.2, 0.25) is 0 Å². The lowest BCUT2D eigenvalue weighted by molar-refractivity contribution is 0.0686. The van der Waals surface area contributed by atoms with E-state index in [9.17, 15) is 23.5 Å². The Morgan fingerprint density at radius 3 is 2.71 bits per heavy atom. The summed E-state index contributed by atoms with van der Waals surface area (Å²) in [5.41, 5.74) is 1.89. The second-order valence-electron chi connectivity index (χ2n) is 8.03. The van der Waals surface area contributed by atoms with E-state index in [2.05, 4.69) is 5.10 Å². The molecule has 1 amide bonds. The number of aryl methyl sites for hydroxylation is 1. The van der Waals surface area contributed by atoms with Gasteiger partial charge in [0.05, 0.1) is 12.2 Å². The van der Waals surface area contributed by atoms with Gasteiger partial charge in [-0.25, -0.2) is 8.78 Å². The van der Waals surface area contributed by atoms with Crippen LogP contribution >= 0.6 is 0 Å². The number of aromatic nitrogens is 2. The lowest BCUT2D eigenvalue weighted by Gasteiger charge is -2.38. The van der Waals surface area contributed by atoms with Gasteiger partial charge in [-0.15, -0.1) is 0 Å². The summed E-state index contributed by atoms with van der Waals surface area (Å²) >= 11 is 0. The van der Waals surface area contributed by atoms with Crippen molar-refractivity contribution < 1.29 is 18.7 Å². The molecular formula is C23H19F2N3O3. The molecule has 5 rings (SSSR count). The maximum atomic E-state index is 14.8. The van der Waals surface area contributed by atoms with E-state index in [1.165, 1.54) is 27.8 Å². The van der Waals surface area contributed by atoms with E-state index in [0.717, 1.165) is 22.9 Å². The van der Waals surface area contributed by atoms with Gasteiger partial charge in [-0.05, 0) is 53.3 Å². The smallest absolute Gasteiger partial charge is 0.275 e. The number of benzene rings is 2. The minimum absolute atomic E-state index is 0.197. The number of aromatic hydroxyl groups is 1. The van der Waals surface area contributed by atoms with Crippen LogP contribution in [0.15, 0.2) is 47.4 Å². The van der Waals surface area contributed by atoms with E-state index in [-0.39, 0.29) is 23.9 Å². The summed E-state index contributed by atoms with van der Waals surface area (Å²) in [6.45, 7) is 0.221. The van der Waals surface area contributed by atoms with Crippen LogP contribution in [0.1, 0.15) is 44.7 Å². The quantitative estimate of drug-likeness (QED) is 0.653. The van der Waals surface area contributed by atoms with E-state index in [1.54, 1.807) is 19.2 Å². The number of carbonyl (C=O) groups excluding carboxylic acids is 1. The van der Waals surface area contributed by atoms with Gasteiger partial charge in [0, 0.05) is 19.5 Å². The molecule has 6 nitrogen and oxygen atoms in total. The lowest BCUT2D eigenvalue weighted by atomic mass is 9.81. The van der Waals surface area contributed by atoms with Gasteiger partial charge in [-0.3, -0.25) is 14.3 Å². The Morgan fingerprint density at radius 2 is 1.90 bits per heavy atom. The standard InChI is InChI=1S/C23H19F2N3O3/c1-27-11-18(28-21(23(27)31)22(30)19(29)10-26-28)20-14-8-6-13(24)9-12(14)5-7-15-16(20)3-2-4-17(15)25/h2-4,6,8-10,18,20,30H,5,7,11H2,1H3/t18-,20-/m0/s1. The number of likely N-dealkylation sites (N-methyl/N-ethyl adjacent to an activating group) is 1. The lowest BCUT2D eigenvalue weighted by Crippen LogP contribution is -2.45. The largest absolute Gasteiger partial charge is 0.502 e. The van der Waals surface area contributed by atoms with Crippen molar-refractivity contribution in [1.82, 2.24) is 14.7 Å². The Morgan fingerprint density at radius 1 is 1.10 bits per heavy atom. The molecule has 0 fully saturated rings. The molecule has 8 heteroatoms. The molecule has 31 heavy (non-hydrogen) atoms. The molecule has 1 N–H and O–H groups in total. The average Bonchev–Trinajstić information content (AvgIpc) is 2.90. The summed E-state index contributed by atoms with van der Waals surface area (Å²) < 4.78 is 30.2. The molecule has 158 valence electrons. The van der Waals surface area contributed by atoms with Gasteiger partial charge in [0.1, 0.15) is 11.6 Å². The molecular weight excluding hydrogens is 404 g/mol. The highest BCUT2D eigenvalue weighted by Crippen LogP contribution is 2.44. The van der Waals surface area contributed by atoms with Gasteiger partial charge >= 0.3 is 0 Å². The molecule has 0 bridgehead atoms. The van der Waals surface area contributed by atoms with Crippen LogP contribution in [0, 0.1) is 11.6 Å². The Balaban J connectivity index is 1.81. The van der Waals surface area contributed by atoms with Gasteiger partial charge in [0.25, 0.3) is 5.91 Å². The molecule has 0 saturated carbocycles. The van der Waals surface area contributed by atoms with Gasteiger partial charge < -0.3 is 10.0 Å². The molecule has 0 saturated heterocycles. The second-order valence-corrected chi connectivity index (χ2v) is 8.03. The van der Waals surface area contributed by atoms with Crippen LogP contribution in [0.5, 0.6) is 5.75 Å². The summed E-state index contributed by atoms with van der Waals surface area (Å²) in [5, 5.41) is 14.5. The van der Waals surface area contributed by atoms with Crippen molar-refractivity contribution in [1.29, 1.82) is 0 Å². The van der Waals surface area contributed by atoms with Crippen molar-refractivity contribution in [2.45, 2.75) is 24.8 Å². The van der Waals surface area contributed by atoms with Crippen molar-refractivity contribution in [3.05, 3.63) is 92.4 Å². The SMILES string of the molecule is CN1C[C@@H]([C@H]2c3ccc(F)cc3CCc3c(F)cccc32)n2ncc(=O)c(O)c2C1=O. The number of amides is 1. The van der Waals surface area contributed by atoms with Crippen LogP contribution in [0.3, 0.4) is 0 Å². The van der Waals surface area contributed by atoms with Crippen LogP contribution < -0.4 is 5.43 Å². The molecule has 1 aromatic heterocycles. The van der Waals surface area contributed by atoms with E-state index >= 15 is 0 Å². The second kappa shape index (κ2) is 7.01. The molecule has 1 aliphatic carbocycles. The van der Waals surface area contributed by atoms with Crippen molar-refractivity contribution in [2.75, 3.05) is 13.6 Å². The maximum absolute atomic E-state index is 14.8. The number of hydrogen-bond donors (Lipinski definition) is 1. The van der Waals surface area contributed by atoms with Crippen LogP contribution in [0.4, 0.5) is 8.78 Å². The van der Waals surface area contributed by atoms with Gasteiger partial charge in [-0.1, -0.05) is 18.2 Å². The number of carbonyl (C=O) groups is 1. The minimum Gasteiger partial charge on any atom is -0.502 e. The molecule has 0 unspecified atom stereocenters. The van der Waals surface area contributed by atoms with Crippen LogP contribution in [-0.2, 0) is 12.8 Å². The number of fused-ring (bicyclic) bond motifs is 3. The molecule has 0 spiro atoms. The summed E-state index contributed by atoms with van der Waals surface area (Å²) in [6, 6.07) is 8.84. The summed E-state index contributed by atoms with van der Waals surface area (Å²) in [7, 11) is 1.57.